The van der Waals surface area contributed by atoms with Crippen molar-refractivity contribution in [1.82, 2.24) is 24.8 Å². The van der Waals surface area contributed by atoms with Crippen molar-refractivity contribution in [1.29, 1.82) is 0 Å². The Kier molecular flexibility index (Phi) is 4.84. The zero-order valence-corrected chi connectivity index (χ0v) is 14.3. The standard InChI is InChI=1S/C13H19BrN6O2/c1-13(2,3)22-12(21)16-6-8-19-9-10(15)17-7-18-11(9)20(8)5-4-14/h7H,4-6H2,1-3H3,(H,16,21)(H2,15,17,18). The van der Waals surface area contributed by atoms with Crippen LogP contribution in [0.1, 0.15) is 26.6 Å². The van der Waals surface area contributed by atoms with Crippen LogP contribution in [0.4, 0.5) is 10.6 Å². The van der Waals surface area contributed by atoms with Crippen LogP contribution in [0.5, 0.6) is 0 Å². The van der Waals surface area contributed by atoms with Gasteiger partial charge in [-0.2, -0.15) is 0 Å². The van der Waals surface area contributed by atoms with Crippen LogP contribution in [-0.2, 0) is 17.8 Å². The average molecular weight is 371 g/mol. The topological polar surface area (TPSA) is 108 Å². The van der Waals surface area contributed by atoms with Crippen molar-refractivity contribution in [2.45, 2.75) is 39.5 Å². The quantitative estimate of drug-likeness (QED) is 0.794. The third-order valence-corrected chi connectivity index (χ3v) is 3.09. The number of hydrogen-bond donors (Lipinski definition) is 2. The van der Waals surface area contributed by atoms with E-state index >= 15 is 0 Å². The van der Waals surface area contributed by atoms with E-state index in [2.05, 4.69) is 36.2 Å². The molecule has 2 aromatic rings. The number of imidazole rings is 1. The first-order valence-corrected chi connectivity index (χ1v) is 7.92. The molecule has 0 spiro atoms. The predicted molar refractivity (Wildman–Crippen MR) is 86.6 cm³/mol. The molecule has 0 aliphatic heterocycles. The minimum atomic E-state index is -0.546. The molecule has 0 saturated carbocycles. The summed E-state index contributed by atoms with van der Waals surface area (Å²) in [5.41, 5.74) is 6.46. The van der Waals surface area contributed by atoms with Crippen LogP contribution in [0.3, 0.4) is 0 Å². The van der Waals surface area contributed by atoms with Crippen molar-refractivity contribution in [3.8, 4) is 0 Å². The molecule has 0 saturated heterocycles. The maximum absolute atomic E-state index is 11.8. The second-order valence-corrected chi connectivity index (χ2v) is 6.45. The summed E-state index contributed by atoms with van der Waals surface area (Å²) in [5.74, 6) is 0.962. The lowest BCUT2D eigenvalue weighted by atomic mass is 10.2. The Balaban J connectivity index is 2.21. The highest BCUT2D eigenvalue weighted by atomic mass is 79.9. The molecule has 8 nitrogen and oxygen atoms in total. The third-order valence-electron chi connectivity index (χ3n) is 2.74. The van der Waals surface area contributed by atoms with E-state index < -0.39 is 11.7 Å². The smallest absolute Gasteiger partial charge is 0.408 e. The van der Waals surface area contributed by atoms with E-state index in [9.17, 15) is 4.79 Å². The number of ether oxygens (including phenoxy) is 1. The number of nitrogen functional groups attached to an aromatic ring is 1. The molecule has 0 aliphatic carbocycles. The summed E-state index contributed by atoms with van der Waals surface area (Å²) in [4.78, 5) is 24.3. The monoisotopic (exact) mass is 370 g/mol. The van der Waals surface area contributed by atoms with Gasteiger partial charge in [0.15, 0.2) is 17.0 Å². The Hall–Kier alpha value is -1.90. The van der Waals surface area contributed by atoms with Gasteiger partial charge in [0.1, 0.15) is 17.8 Å². The van der Waals surface area contributed by atoms with Gasteiger partial charge >= 0.3 is 6.09 Å². The highest BCUT2D eigenvalue weighted by molar-refractivity contribution is 9.09. The molecule has 1 amide bonds. The number of nitrogens with one attached hydrogen (secondary N) is 1. The molecule has 2 rings (SSSR count). The highest BCUT2D eigenvalue weighted by Crippen LogP contribution is 2.18. The van der Waals surface area contributed by atoms with Gasteiger partial charge < -0.3 is 20.4 Å². The number of amides is 1. The van der Waals surface area contributed by atoms with E-state index in [1.165, 1.54) is 6.33 Å². The van der Waals surface area contributed by atoms with E-state index in [1.54, 1.807) is 0 Å². The molecule has 0 bridgehead atoms. The fraction of sp³-hybridized carbons (Fsp3) is 0.538. The van der Waals surface area contributed by atoms with Crippen molar-refractivity contribution < 1.29 is 9.53 Å². The van der Waals surface area contributed by atoms with E-state index in [0.717, 1.165) is 5.33 Å². The molecular weight excluding hydrogens is 352 g/mol. The Morgan fingerprint density at radius 2 is 2.18 bits per heavy atom. The van der Waals surface area contributed by atoms with Crippen LogP contribution in [-0.4, -0.2) is 36.5 Å². The maximum Gasteiger partial charge on any atom is 0.408 e. The third kappa shape index (κ3) is 3.85. The van der Waals surface area contributed by atoms with Gasteiger partial charge in [-0.1, -0.05) is 15.9 Å². The molecule has 2 heterocycles. The first-order valence-electron chi connectivity index (χ1n) is 6.80. The highest BCUT2D eigenvalue weighted by Gasteiger charge is 2.18. The number of alkyl carbamates (subject to hydrolysis) is 1. The molecule has 2 aromatic heterocycles. The van der Waals surface area contributed by atoms with Gasteiger partial charge in [-0.15, -0.1) is 0 Å². The number of anilines is 1. The number of nitrogens with zero attached hydrogens (tertiary/aromatic N) is 4. The van der Waals surface area contributed by atoms with E-state index in [0.29, 0.717) is 29.4 Å². The van der Waals surface area contributed by atoms with Crippen molar-refractivity contribution in [3.05, 3.63) is 12.2 Å². The maximum atomic E-state index is 11.8. The molecule has 120 valence electrons. The zero-order chi connectivity index (χ0) is 16.3. The molecule has 22 heavy (non-hydrogen) atoms. The van der Waals surface area contributed by atoms with E-state index in [-0.39, 0.29) is 6.54 Å². The lowest BCUT2D eigenvalue weighted by molar-refractivity contribution is 0.0521. The van der Waals surface area contributed by atoms with Gasteiger partial charge in [0, 0.05) is 11.9 Å². The van der Waals surface area contributed by atoms with Crippen LogP contribution in [0.15, 0.2) is 6.33 Å². The molecule has 0 unspecified atom stereocenters. The molecule has 0 radical (unpaired) electrons. The second-order valence-electron chi connectivity index (χ2n) is 5.66. The average Bonchev–Trinajstić information content (AvgIpc) is 2.75. The van der Waals surface area contributed by atoms with Crippen LogP contribution in [0, 0.1) is 0 Å². The van der Waals surface area contributed by atoms with Gasteiger partial charge in [-0.05, 0) is 20.8 Å². The Labute approximate surface area is 136 Å². The van der Waals surface area contributed by atoms with Gasteiger partial charge in [0.25, 0.3) is 0 Å². The molecule has 0 aliphatic rings. The van der Waals surface area contributed by atoms with Crippen molar-refractivity contribution in [3.63, 3.8) is 0 Å². The summed E-state index contributed by atoms with van der Waals surface area (Å²) in [5, 5.41) is 3.41. The summed E-state index contributed by atoms with van der Waals surface area (Å²) >= 11 is 3.39. The molecule has 0 fully saturated rings. The Morgan fingerprint density at radius 3 is 2.82 bits per heavy atom. The second kappa shape index (κ2) is 6.47. The number of rotatable bonds is 4. The number of halogens is 1. The molecule has 3 N–H and O–H groups in total. The lowest BCUT2D eigenvalue weighted by Gasteiger charge is -2.19. The van der Waals surface area contributed by atoms with Gasteiger partial charge in [0.2, 0.25) is 0 Å². The number of fused-ring (bicyclic) bond motifs is 1. The number of carbonyl (C=O) groups is 1. The fourth-order valence-corrected chi connectivity index (χ4v) is 2.27. The van der Waals surface area contributed by atoms with Gasteiger partial charge in [0.05, 0.1) is 6.54 Å². The lowest BCUT2D eigenvalue weighted by Crippen LogP contribution is -2.32. The van der Waals surface area contributed by atoms with Gasteiger partial charge in [-0.3, -0.25) is 0 Å². The summed E-state index contributed by atoms with van der Waals surface area (Å²) in [7, 11) is 0. The van der Waals surface area contributed by atoms with Crippen LogP contribution in [0.2, 0.25) is 0 Å². The Bertz CT molecular complexity index is 679. The summed E-state index contributed by atoms with van der Waals surface area (Å²) < 4.78 is 7.10. The van der Waals surface area contributed by atoms with Crippen molar-refractivity contribution >= 4 is 39.0 Å². The number of carbonyl (C=O) groups excluding carboxylic acids is 1. The largest absolute Gasteiger partial charge is 0.444 e. The zero-order valence-electron chi connectivity index (χ0n) is 12.8. The molecule has 9 heteroatoms. The number of nitrogens with two attached hydrogens (primary N) is 1. The number of aromatic nitrogens is 4. The predicted octanol–water partition coefficient (Wildman–Crippen LogP) is 1.83. The molecule has 0 aromatic carbocycles. The van der Waals surface area contributed by atoms with Crippen LogP contribution in [0.25, 0.3) is 11.2 Å². The number of alkyl halides is 1. The van der Waals surface area contributed by atoms with E-state index in [1.807, 2.05) is 25.3 Å². The Morgan fingerprint density at radius 1 is 1.45 bits per heavy atom. The minimum absolute atomic E-state index is 0.220. The number of hydrogen-bond acceptors (Lipinski definition) is 6. The minimum Gasteiger partial charge on any atom is -0.444 e. The van der Waals surface area contributed by atoms with Crippen molar-refractivity contribution in [2.75, 3.05) is 11.1 Å². The SMILES string of the molecule is CC(C)(C)OC(=O)NCc1nc2c(N)ncnc2n1CCBr. The molecular formula is C13H19BrN6O2. The van der Waals surface area contributed by atoms with E-state index in [4.69, 9.17) is 10.5 Å². The fourth-order valence-electron chi connectivity index (χ4n) is 1.92. The normalized spacial score (nSPS) is 11.6. The summed E-state index contributed by atoms with van der Waals surface area (Å²) in [6.45, 7) is 6.30. The number of aryl methyl sites for hydroxylation is 1. The summed E-state index contributed by atoms with van der Waals surface area (Å²) in [6, 6.07) is 0. The first kappa shape index (κ1) is 16.5. The first-order chi connectivity index (χ1) is 10.3. The van der Waals surface area contributed by atoms with Crippen LogP contribution >= 0.6 is 15.9 Å². The van der Waals surface area contributed by atoms with Crippen LogP contribution < -0.4 is 11.1 Å². The summed E-state index contributed by atoms with van der Waals surface area (Å²) in [6.07, 6.45) is 0.902. The van der Waals surface area contributed by atoms with Crippen molar-refractivity contribution in [2.24, 2.45) is 0 Å². The van der Waals surface area contributed by atoms with Gasteiger partial charge in [-0.25, -0.2) is 19.7 Å². The molecule has 0 atom stereocenters.